The van der Waals surface area contributed by atoms with Crippen LogP contribution in [0.1, 0.15) is 24.0 Å². The third-order valence-electron chi connectivity index (χ3n) is 3.13. The molecule has 0 N–H and O–H groups in total. The largest absolute Gasteiger partial charge is 0.266 e. The highest BCUT2D eigenvalue weighted by atomic mass is 32.1. The molecular formula is C16H17N3S. The number of benzene rings is 1. The normalized spacial score (nSPS) is 10.8. The Morgan fingerprint density at radius 2 is 2.00 bits per heavy atom. The van der Waals surface area contributed by atoms with Crippen molar-refractivity contribution in [3.05, 3.63) is 58.8 Å². The molecule has 0 radical (unpaired) electrons. The molecule has 0 spiro atoms. The zero-order chi connectivity index (χ0) is 13.8. The molecule has 102 valence electrons. The van der Waals surface area contributed by atoms with Crippen LogP contribution in [0.3, 0.4) is 0 Å². The fourth-order valence-electron chi connectivity index (χ4n) is 2.15. The number of hydrogen-bond donors (Lipinski definition) is 0. The van der Waals surface area contributed by atoms with Crippen molar-refractivity contribution >= 4 is 11.3 Å². The zero-order valence-electron chi connectivity index (χ0n) is 11.5. The molecule has 4 heteroatoms. The Labute approximate surface area is 122 Å². The summed E-state index contributed by atoms with van der Waals surface area (Å²) in [5, 5.41) is 7.78. The van der Waals surface area contributed by atoms with E-state index in [1.165, 1.54) is 10.6 Å². The fraction of sp³-hybridized carbons (Fsp3) is 0.250. The Hall–Kier alpha value is -1.94. The molecule has 3 rings (SSSR count). The van der Waals surface area contributed by atoms with Crippen LogP contribution in [0.4, 0.5) is 0 Å². The van der Waals surface area contributed by atoms with Gasteiger partial charge in [0.1, 0.15) is 0 Å². The van der Waals surface area contributed by atoms with Crippen LogP contribution < -0.4 is 0 Å². The quantitative estimate of drug-likeness (QED) is 0.708. The molecule has 3 aromatic rings. The Kier molecular flexibility index (Phi) is 3.92. The van der Waals surface area contributed by atoms with Gasteiger partial charge in [-0.3, -0.25) is 4.68 Å². The van der Waals surface area contributed by atoms with Crippen molar-refractivity contribution in [2.75, 3.05) is 0 Å². The molecule has 0 bridgehead atoms. The van der Waals surface area contributed by atoms with Crippen molar-refractivity contribution < 1.29 is 0 Å². The van der Waals surface area contributed by atoms with Crippen LogP contribution in [0.25, 0.3) is 11.1 Å². The summed E-state index contributed by atoms with van der Waals surface area (Å²) in [5.41, 5.74) is 3.44. The number of nitrogens with zero attached hydrogens (tertiary/aromatic N) is 3. The van der Waals surface area contributed by atoms with Gasteiger partial charge in [-0.05, 0) is 18.4 Å². The molecule has 0 saturated carbocycles. The Bertz CT molecular complexity index is 670. The van der Waals surface area contributed by atoms with Crippen molar-refractivity contribution in [2.24, 2.45) is 0 Å². The topological polar surface area (TPSA) is 30.7 Å². The summed E-state index contributed by atoms with van der Waals surface area (Å²) in [6.07, 6.45) is 6.20. The number of aromatic nitrogens is 3. The Morgan fingerprint density at radius 3 is 2.80 bits per heavy atom. The first kappa shape index (κ1) is 13.1. The maximum atomic E-state index is 4.63. The molecule has 0 fully saturated rings. The number of aryl methyl sites for hydroxylation is 1. The fourth-order valence-corrected chi connectivity index (χ4v) is 3.04. The molecule has 0 amide bonds. The third kappa shape index (κ3) is 2.96. The highest BCUT2D eigenvalue weighted by molar-refractivity contribution is 7.09. The minimum absolute atomic E-state index is 0.743. The lowest BCUT2D eigenvalue weighted by Gasteiger charge is -1.97. The van der Waals surface area contributed by atoms with Crippen LogP contribution in [-0.2, 0) is 13.0 Å². The second-order valence-electron chi connectivity index (χ2n) is 4.78. The van der Waals surface area contributed by atoms with Gasteiger partial charge in [0.2, 0.25) is 0 Å². The van der Waals surface area contributed by atoms with E-state index in [9.17, 15) is 0 Å². The number of hydrogen-bond acceptors (Lipinski definition) is 3. The molecule has 20 heavy (non-hydrogen) atoms. The van der Waals surface area contributed by atoms with E-state index < -0.39 is 0 Å². The van der Waals surface area contributed by atoms with E-state index in [-0.39, 0.29) is 0 Å². The maximum absolute atomic E-state index is 4.63. The summed E-state index contributed by atoms with van der Waals surface area (Å²) in [7, 11) is 0. The van der Waals surface area contributed by atoms with Crippen molar-refractivity contribution in [3.8, 4) is 11.1 Å². The SMILES string of the molecule is CCCc1nc(Cn2cc(-c3ccccc3)cn2)cs1. The average molecular weight is 283 g/mol. The van der Waals surface area contributed by atoms with Crippen LogP contribution in [0.15, 0.2) is 48.1 Å². The van der Waals surface area contributed by atoms with E-state index in [1.54, 1.807) is 11.3 Å². The first-order valence-corrected chi connectivity index (χ1v) is 7.74. The van der Waals surface area contributed by atoms with E-state index in [4.69, 9.17) is 0 Å². The molecular weight excluding hydrogens is 266 g/mol. The van der Waals surface area contributed by atoms with Gasteiger partial charge in [-0.1, -0.05) is 37.3 Å². The molecule has 3 nitrogen and oxygen atoms in total. The van der Waals surface area contributed by atoms with Crippen molar-refractivity contribution in [3.63, 3.8) is 0 Å². The van der Waals surface area contributed by atoms with E-state index >= 15 is 0 Å². The van der Waals surface area contributed by atoms with Crippen LogP contribution in [0.5, 0.6) is 0 Å². The van der Waals surface area contributed by atoms with Gasteiger partial charge in [0.25, 0.3) is 0 Å². The summed E-state index contributed by atoms with van der Waals surface area (Å²) in [6.45, 7) is 2.92. The molecule has 0 aliphatic carbocycles. The highest BCUT2D eigenvalue weighted by Crippen LogP contribution is 2.18. The van der Waals surface area contributed by atoms with Gasteiger partial charge in [0.05, 0.1) is 23.4 Å². The third-order valence-corrected chi connectivity index (χ3v) is 4.08. The molecule has 0 aliphatic heterocycles. The predicted octanol–water partition coefficient (Wildman–Crippen LogP) is 4.01. The zero-order valence-corrected chi connectivity index (χ0v) is 12.3. The molecule has 0 aliphatic rings. The smallest absolute Gasteiger partial charge is 0.0928 e. The van der Waals surface area contributed by atoms with Gasteiger partial charge in [0.15, 0.2) is 0 Å². The summed E-state index contributed by atoms with van der Waals surface area (Å²) in [5.74, 6) is 0. The molecule has 0 atom stereocenters. The summed E-state index contributed by atoms with van der Waals surface area (Å²) in [4.78, 5) is 4.63. The van der Waals surface area contributed by atoms with Crippen LogP contribution in [0, 0.1) is 0 Å². The predicted molar refractivity (Wildman–Crippen MR) is 82.9 cm³/mol. The monoisotopic (exact) mass is 283 g/mol. The molecule has 0 saturated heterocycles. The molecule has 2 heterocycles. The first-order chi connectivity index (χ1) is 9.85. The first-order valence-electron chi connectivity index (χ1n) is 6.86. The van der Waals surface area contributed by atoms with Gasteiger partial charge in [0, 0.05) is 17.1 Å². The van der Waals surface area contributed by atoms with Crippen molar-refractivity contribution in [2.45, 2.75) is 26.3 Å². The number of rotatable bonds is 5. The number of thiazole rings is 1. The lowest BCUT2D eigenvalue weighted by molar-refractivity contribution is 0.673. The molecule has 0 unspecified atom stereocenters. The minimum Gasteiger partial charge on any atom is -0.266 e. The average Bonchev–Trinajstić information content (AvgIpc) is 3.11. The lowest BCUT2D eigenvalue weighted by Crippen LogP contribution is -2.00. The van der Waals surface area contributed by atoms with Gasteiger partial charge in [-0.15, -0.1) is 11.3 Å². The Morgan fingerprint density at radius 1 is 1.15 bits per heavy atom. The second-order valence-corrected chi connectivity index (χ2v) is 5.72. The standard InChI is InChI=1S/C16H17N3S/c1-2-6-16-18-15(12-20-16)11-19-10-14(9-17-19)13-7-4-3-5-8-13/h3-5,7-10,12H,2,6,11H2,1H3. The van der Waals surface area contributed by atoms with Crippen LogP contribution in [0.2, 0.25) is 0 Å². The summed E-state index contributed by atoms with van der Waals surface area (Å²) < 4.78 is 1.95. The highest BCUT2D eigenvalue weighted by Gasteiger charge is 2.05. The minimum atomic E-state index is 0.743. The second kappa shape index (κ2) is 6.01. The Balaban J connectivity index is 1.73. The van der Waals surface area contributed by atoms with Gasteiger partial charge >= 0.3 is 0 Å². The molecule has 1 aromatic carbocycles. The molecule has 2 aromatic heterocycles. The van der Waals surface area contributed by atoms with Gasteiger partial charge < -0.3 is 0 Å². The van der Waals surface area contributed by atoms with Crippen LogP contribution >= 0.6 is 11.3 Å². The van der Waals surface area contributed by atoms with Crippen molar-refractivity contribution in [1.82, 2.24) is 14.8 Å². The van der Waals surface area contributed by atoms with E-state index in [0.29, 0.717) is 0 Å². The van der Waals surface area contributed by atoms with Gasteiger partial charge in [-0.2, -0.15) is 5.10 Å². The van der Waals surface area contributed by atoms with E-state index in [0.717, 1.165) is 30.6 Å². The maximum Gasteiger partial charge on any atom is 0.0928 e. The van der Waals surface area contributed by atoms with Crippen molar-refractivity contribution in [1.29, 1.82) is 0 Å². The lowest BCUT2D eigenvalue weighted by atomic mass is 10.1. The van der Waals surface area contributed by atoms with E-state index in [2.05, 4.69) is 40.7 Å². The van der Waals surface area contributed by atoms with Gasteiger partial charge in [-0.25, -0.2) is 4.98 Å². The van der Waals surface area contributed by atoms with E-state index in [1.807, 2.05) is 29.1 Å². The summed E-state index contributed by atoms with van der Waals surface area (Å²) in [6, 6.07) is 10.3. The van der Waals surface area contributed by atoms with Crippen LogP contribution in [-0.4, -0.2) is 14.8 Å². The summed E-state index contributed by atoms with van der Waals surface area (Å²) >= 11 is 1.74.